The molecule has 0 aliphatic rings. The normalized spacial score (nSPS) is 11.3. The Kier molecular flexibility index (Phi) is 6.90. The number of nitrogens with zero attached hydrogens (tertiary/aromatic N) is 3. The van der Waals surface area contributed by atoms with Gasteiger partial charge in [-0.3, -0.25) is 9.88 Å². The van der Waals surface area contributed by atoms with Gasteiger partial charge in [0.15, 0.2) is 0 Å². The monoisotopic (exact) mass is 315 g/mol. The Morgan fingerprint density at radius 2 is 1.68 bits per heavy atom. The summed E-state index contributed by atoms with van der Waals surface area (Å²) < 4.78 is 0. The minimum atomic E-state index is 0.936. The predicted octanol–water partition coefficient (Wildman–Crippen LogP) is 3.37. The molecule has 0 unspecified atom stereocenters. The van der Waals surface area contributed by atoms with Gasteiger partial charge in [-0.2, -0.15) is 0 Å². The fourth-order valence-electron chi connectivity index (χ4n) is 2.29. The van der Waals surface area contributed by atoms with Crippen molar-refractivity contribution in [3.8, 4) is 0 Å². The van der Waals surface area contributed by atoms with E-state index in [0.29, 0.717) is 0 Å². The van der Waals surface area contributed by atoms with Crippen molar-refractivity contribution >= 4 is 11.8 Å². The van der Waals surface area contributed by atoms with E-state index >= 15 is 0 Å². The van der Waals surface area contributed by atoms with Crippen LogP contribution >= 0.6 is 11.8 Å². The van der Waals surface area contributed by atoms with E-state index < -0.39 is 0 Å². The van der Waals surface area contributed by atoms with Gasteiger partial charge >= 0.3 is 0 Å². The third kappa shape index (κ3) is 5.79. The standard InChI is InChI=1S/C18H25N3S/c1-20(2)11-12-21(15-17-5-4-10-19-13-17)14-16-6-8-18(22-3)9-7-16/h4-10,13H,11-12,14-15H2,1-3H3. The molecule has 0 aliphatic heterocycles. The Bertz CT molecular complexity index is 540. The summed E-state index contributed by atoms with van der Waals surface area (Å²) in [4.78, 5) is 10.2. The molecule has 0 aliphatic carbocycles. The van der Waals surface area contributed by atoms with Crippen molar-refractivity contribution < 1.29 is 0 Å². The van der Waals surface area contributed by atoms with Crippen LogP contribution in [0.2, 0.25) is 0 Å². The molecule has 3 nitrogen and oxygen atoms in total. The topological polar surface area (TPSA) is 19.4 Å². The highest BCUT2D eigenvalue weighted by molar-refractivity contribution is 7.98. The molecule has 0 amide bonds. The summed E-state index contributed by atoms with van der Waals surface area (Å²) in [5.74, 6) is 0. The molecule has 0 fully saturated rings. The molecule has 0 saturated carbocycles. The van der Waals surface area contributed by atoms with Gasteiger partial charge in [0.05, 0.1) is 0 Å². The van der Waals surface area contributed by atoms with Crippen LogP contribution in [0.4, 0.5) is 0 Å². The van der Waals surface area contributed by atoms with Gasteiger partial charge in [0.2, 0.25) is 0 Å². The van der Waals surface area contributed by atoms with Gasteiger partial charge in [-0.25, -0.2) is 0 Å². The molecule has 22 heavy (non-hydrogen) atoms. The number of thioether (sulfide) groups is 1. The molecular formula is C18H25N3S. The average molecular weight is 315 g/mol. The summed E-state index contributed by atoms with van der Waals surface area (Å²) in [7, 11) is 4.24. The molecule has 2 rings (SSSR count). The fourth-order valence-corrected chi connectivity index (χ4v) is 2.70. The minimum Gasteiger partial charge on any atom is -0.308 e. The predicted molar refractivity (Wildman–Crippen MR) is 95.1 cm³/mol. The minimum absolute atomic E-state index is 0.936. The first kappa shape index (κ1) is 17.0. The lowest BCUT2D eigenvalue weighted by Gasteiger charge is -2.24. The highest BCUT2D eigenvalue weighted by Gasteiger charge is 2.08. The van der Waals surface area contributed by atoms with Crippen molar-refractivity contribution in [1.29, 1.82) is 0 Å². The number of likely N-dealkylation sites (N-methyl/N-ethyl adjacent to an activating group) is 1. The van der Waals surface area contributed by atoms with Gasteiger partial charge in [-0.05, 0) is 49.7 Å². The zero-order valence-electron chi connectivity index (χ0n) is 13.7. The lowest BCUT2D eigenvalue weighted by Crippen LogP contribution is -2.31. The van der Waals surface area contributed by atoms with E-state index in [1.165, 1.54) is 16.0 Å². The number of benzene rings is 1. The molecule has 0 saturated heterocycles. The van der Waals surface area contributed by atoms with Crippen LogP contribution in [0.15, 0.2) is 53.7 Å². The number of pyridine rings is 1. The maximum absolute atomic E-state index is 4.22. The molecule has 0 atom stereocenters. The highest BCUT2D eigenvalue weighted by atomic mass is 32.2. The molecule has 1 heterocycles. The largest absolute Gasteiger partial charge is 0.308 e. The molecule has 4 heteroatoms. The van der Waals surface area contributed by atoms with Crippen molar-refractivity contribution in [3.05, 3.63) is 59.9 Å². The van der Waals surface area contributed by atoms with Crippen LogP contribution in [0.5, 0.6) is 0 Å². The Morgan fingerprint density at radius 1 is 0.955 bits per heavy atom. The second-order valence-electron chi connectivity index (χ2n) is 5.72. The van der Waals surface area contributed by atoms with Crippen LogP contribution in [0.3, 0.4) is 0 Å². The quantitative estimate of drug-likeness (QED) is 0.695. The lowest BCUT2D eigenvalue weighted by molar-refractivity contribution is 0.226. The smallest absolute Gasteiger partial charge is 0.0312 e. The average Bonchev–Trinajstić information content (AvgIpc) is 2.54. The molecule has 1 aromatic carbocycles. The van der Waals surface area contributed by atoms with Gasteiger partial charge in [0.1, 0.15) is 0 Å². The summed E-state index contributed by atoms with van der Waals surface area (Å²) in [5, 5.41) is 0. The number of hydrogen-bond donors (Lipinski definition) is 0. The molecule has 0 spiro atoms. The molecule has 118 valence electrons. The van der Waals surface area contributed by atoms with Crippen molar-refractivity contribution in [2.75, 3.05) is 33.4 Å². The van der Waals surface area contributed by atoms with Gasteiger partial charge in [-0.1, -0.05) is 18.2 Å². The van der Waals surface area contributed by atoms with Crippen LogP contribution in [-0.2, 0) is 13.1 Å². The van der Waals surface area contributed by atoms with Crippen LogP contribution in [-0.4, -0.2) is 48.2 Å². The summed E-state index contributed by atoms with van der Waals surface area (Å²) >= 11 is 1.78. The third-order valence-corrected chi connectivity index (χ3v) is 4.30. The Morgan fingerprint density at radius 3 is 2.27 bits per heavy atom. The SMILES string of the molecule is CSc1ccc(CN(CCN(C)C)Cc2cccnc2)cc1. The molecule has 2 aromatic rings. The van der Waals surface area contributed by atoms with Crippen molar-refractivity contribution in [2.45, 2.75) is 18.0 Å². The van der Waals surface area contributed by atoms with Gasteiger partial charge in [-0.15, -0.1) is 11.8 Å². The van der Waals surface area contributed by atoms with E-state index in [2.05, 4.69) is 65.5 Å². The summed E-state index contributed by atoms with van der Waals surface area (Å²) in [6.45, 7) is 4.01. The molecule has 0 bridgehead atoms. The maximum Gasteiger partial charge on any atom is 0.0312 e. The lowest BCUT2D eigenvalue weighted by atomic mass is 10.2. The number of aromatic nitrogens is 1. The highest BCUT2D eigenvalue weighted by Crippen LogP contribution is 2.16. The van der Waals surface area contributed by atoms with Crippen molar-refractivity contribution in [2.24, 2.45) is 0 Å². The third-order valence-electron chi connectivity index (χ3n) is 3.56. The van der Waals surface area contributed by atoms with Gasteiger partial charge < -0.3 is 4.90 Å². The summed E-state index contributed by atoms with van der Waals surface area (Å²) in [5.41, 5.74) is 2.63. The van der Waals surface area contributed by atoms with E-state index in [1.54, 1.807) is 11.8 Å². The van der Waals surface area contributed by atoms with Crippen LogP contribution in [0.25, 0.3) is 0 Å². The first-order valence-corrected chi connectivity index (χ1v) is 8.79. The zero-order valence-corrected chi connectivity index (χ0v) is 14.5. The maximum atomic E-state index is 4.22. The first-order chi connectivity index (χ1) is 10.7. The number of rotatable bonds is 8. The van der Waals surface area contributed by atoms with E-state index in [9.17, 15) is 0 Å². The fraction of sp³-hybridized carbons (Fsp3) is 0.389. The number of hydrogen-bond acceptors (Lipinski definition) is 4. The summed E-state index contributed by atoms with van der Waals surface area (Å²) in [6.07, 6.45) is 5.90. The van der Waals surface area contributed by atoms with Gasteiger partial charge in [0.25, 0.3) is 0 Å². The molecule has 0 radical (unpaired) electrons. The molecule has 0 N–H and O–H groups in total. The van der Waals surface area contributed by atoms with E-state index in [-0.39, 0.29) is 0 Å². The van der Waals surface area contributed by atoms with Crippen molar-refractivity contribution in [3.63, 3.8) is 0 Å². The second-order valence-corrected chi connectivity index (χ2v) is 6.60. The first-order valence-electron chi connectivity index (χ1n) is 7.56. The summed E-state index contributed by atoms with van der Waals surface area (Å²) in [6, 6.07) is 13.0. The molecule has 1 aromatic heterocycles. The van der Waals surface area contributed by atoms with E-state index in [0.717, 1.165) is 26.2 Å². The Balaban J connectivity index is 2.02. The van der Waals surface area contributed by atoms with Crippen LogP contribution in [0, 0.1) is 0 Å². The van der Waals surface area contributed by atoms with E-state index in [4.69, 9.17) is 0 Å². The van der Waals surface area contributed by atoms with Crippen molar-refractivity contribution in [1.82, 2.24) is 14.8 Å². The van der Waals surface area contributed by atoms with E-state index in [1.807, 2.05) is 18.5 Å². The Labute approximate surface area is 138 Å². The zero-order chi connectivity index (χ0) is 15.8. The van der Waals surface area contributed by atoms with Gasteiger partial charge in [0, 0.05) is 43.5 Å². The molecular weight excluding hydrogens is 290 g/mol. The van der Waals surface area contributed by atoms with Crippen LogP contribution in [0.1, 0.15) is 11.1 Å². The van der Waals surface area contributed by atoms with Crippen LogP contribution < -0.4 is 0 Å². The Hall–Kier alpha value is -1.36. The second kappa shape index (κ2) is 8.93.